The third-order valence-electron chi connectivity index (χ3n) is 4.97. The lowest BCUT2D eigenvalue weighted by Crippen LogP contribution is -2.24. The summed E-state index contributed by atoms with van der Waals surface area (Å²) in [5.41, 5.74) is 1.78. The van der Waals surface area contributed by atoms with Crippen molar-refractivity contribution in [1.29, 1.82) is 0 Å². The normalized spacial score (nSPS) is 24.8. The van der Waals surface area contributed by atoms with Crippen molar-refractivity contribution in [3.05, 3.63) is 0 Å². The second-order valence-electron chi connectivity index (χ2n) is 8.25. The molecule has 2 saturated heterocycles. The summed E-state index contributed by atoms with van der Waals surface area (Å²) in [6.07, 6.45) is 4.22. The average Bonchev–Trinajstić information content (AvgIpc) is 2.71. The third-order valence-corrected chi connectivity index (χ3v) is 6.44. The van der Waals surface area contributed by atoms with Crippen molar-refractivity contribution in [3.8, 4) is 0 Å². The zero-order chi connectivity index (χ0) is 15.3. The van der Waals surface area contributed by atoms with Gasteiger partial charge in [0, 0.05) is 0 Å². The van der Waals surface area contributed by atoms with Crippen LogP contribution in [0.5, 0.6) is 0 Å². The zero-order valence-electron chi connectivity index (χ0n) is 15.0. The van der Waals surface area contributed by atoms with Crippen molar-refractivity contribution in [2.75, 3.05) is 11.5 Å². The van der Waals surface area contributed by atoms with Gasteiger partial charge in [-0.2, -0.15) is 11.8 Å². The molecule has 0 atom stereocenters. The maximum atomic E-state index is 2.40. The van der Waals surface area contributed by atoms with Gasteiger partial charge < -0.3 is 0 Å². The molecule has 122 valence electrons. The molecule has 0 radical (unpaired) electrons. The van der Waals surface area contributed by atoms with Gasteiger partial charge in [-0.1, -0.05) is 82.3 Å². The smallest absolute Gasteiger partial charge is 0.137 e. The Labute approximate surface area is 135 Å². The second-order valence-corrected chi connectivity index (χ2v) is 9.35. The summed E-state index contributed by atoms with van der Waals surface area (Å²) in [7, 11) is 0. The molecule has 2 aliphatic heterocycles. The average molecular weight is 300 g/mol. The van der Waals surface area contributed by atoms with Gasteiger partial charge in [0.15, 0.2) is 0 Å². The van der Waals surface area contributed by atoms with E-state index in [1.54, 1.807) is 0 Å². The molecule has 2 fully saturated rings. The number of hydrogen-bond acceptors (Lipinski definition) is 1. The van der Waals surface area contributed by atoms with Gasteiger partial charge in [0.1, 0.15) is 6.71 Å². The van der Waals surface area contributed by atoms with Gasteiger partial charge in [0.25, 0.3) is 0 Å². The molecule has 0 saturated carbocycles. The Hall–Kier alpha value is 0.415. The van der Waals surface area contributed by atoms with Gasteiger partial charge in [0.2, 0.25) is 0 Å². The molecule has 0 spiro atoms. The predicted molar refractivity (Wildman–Crippen MR) is 103 cm³/mol. The van der Waals surface area contributed by atoms with E-state index in [4.69, 9.17) is 0 Å². The molecule has 0 nitrogen and oxygen atoms in total. The quantitative estimate of drug-likeness (QED) is 0.434. The molecule has 0 aromatic heterocycles. The number of hydrogen-bond donors (Lipinski definition) is 0. The van der Waals surface area contributed by atoms with Crippen LogP contribution in [0.1, 0.15) is 69.2 Å². The Morgan fingerprint density at radius 2 is 1.25 bits per heavy atom. The van der Waals surface area contributed by atoms with Crippen LogP contribution < -0.4 is 0 Å². The van der Waals surface area contributed by atoms with Crippen LogP contribution in [0.25, 0.3) is 0 Å². The zero-order valence-corrected chi connectivity index (χ0v) is 15.8. The van der Waals surface area contributed by atoms with Crippen LogP contribution in [0, 0.1) is 16.2 Å². The predicted octanol–water partition coefficient (Wildman–Crippen LogP) is 6.99. The molecule has 0 amide bonds. The lowest BCUT2D eigenvalue weighted by Gasteiger charge is -2.35. The molecule has 0 bridgehead atoms. The summed E-state index contributed by atoms with van der Waals surface area (Å²) in [5.74, 6) is 2.75. The Kier molecular flexibility index (Phi) is 9.94. The minimum Gasteiger partial charge on any atom is -0.161 e. The molecule has 2 rings (SSSR count). The monoisotopic (exact) mass is 300 g/mol. The summed E-state index contributed by atoms with van der Waals surface area (Å²) in [6.45, 7) is 21.6. The maximum Gasteiger partial charge on any atom is 0.137 e. The summed E-state index contributed by atoms with van der Waals surface area (Å²) < 4.78 is 0. The molecule has 2 heteroatoms. The van der Waals surface area contributed by atoms with E-state index >= 15 is 0 Å². The highest BCUT2D eigenvalue weighted by Crippen LogP contribution is 2.52. The number of rotatable bonds is 0. The van der Waals surface area contributed by atoms with Crippen LogP contribution in [0.4, 0.5) is 0 Å². The van der Waals surface area contributed by atoms with Crippen molar-refractivity contribution >= 4 is 18.5 Å². The summed E-state index contributed by atoms with van der Waals surface area (Å²) in [6, 6.07) is 0. The minimum absolute atomic E-state index is 0. The molecular weight excluding hydrogens is 259 g/mol. The van der Waals surface area contributed by atoms with Crippen molar-refractivity contribution in [2.45, 2.75) is 88.7 Å². The van der Waals surface area contributed by atoms with Gasteiger partial charge in [0.05, 0.1) is 0 Å². The van der Waals surface area contributed by atoms with Crippen molar-refractivity contribution < 1.29 is 0 Å². The van der Waals surface area contributed by atoms with Gasteiger partial charge in [-0.05, 0) is 34.2 Å². The summed E-state index contributed by atoms with van der Waals surface area (Å²) in [5, 5.41) is 0. The largest absolute Gasteiger partial charge is 0.161 e. The van der Waals surface area contributed by atoms with Crippen LogP contribution in [0.15, 0.2) is 0 Å². The first-order chi connectivity index (χ1) is 8.56. The van der Waals surface area contributed by atoms with Gasteiger partial charge in [-0.15, -0.1) is 0 Å². The maximum absolute atomic E-state index is 2.40. The van der Waals surface area contributed by atoms with E-state index in [1.807, 2.05) is 13.8 Å². The molecule has 2 aliphatic rings. The molecule has 20 heavy (non-hydrogen) atoms. The molecule has 0 aromatic carbocycles. The second kappa shape index (κ2) is 8.76. The van der Waals surface area contributed by atoms with E-state index in [0.29, 0.717) is 16.2 Å². The van der Waals surface area contributed by atoms with Crippen molar-refractivity contribution in [3.63, 3.8) is 0 Å². The van der Waals surface area contributed by atoms with E-state index in [1.165, 1.54) is 30.6 Å². The fraction of sp³-hybridized carbons (Fsp3) is 1.00. The summed E-state index contributed by atoms with van der Waals surface area (Å²) in [4.78, 5) is 0. The molecule has 0 aliphatic carbocycles. The molecular formula is C18H41BS. The van der Waals surface area contributed by atoms with E-state index in [2.05, 4.69) is 60.1 Å². The van der Waals surface area contributed by atoms with E-state index in [0.717, 1.165) is 6.71 Å². The molecule has 2 heterocycles. The van der Waals surface area contributed by atoms with Crippen LogP contribution in [-0.4, -0.2) is 18.2 Å². The van der Waals surface area contributed by atoms with Gasteiger partial charge >= 0.3 is 0 Å². The van der Waals surface area contributed by atoms with E-state index < -0.39 is 0 Å². The van der Waals surface area contributed by atoms with Crippen LogP contribution >= 0.6 is 11.8 Å². The van der Waals surface area contributed by atoms with Gasteiger partial charge in [-0.3, -0.25) is 0 Å². The fourth-order valence-electron chi connectivity index (χ4n) is 3.14. The highest BCUT2D eigenvalue weighted by molar-refractivity contribution is 7.99. The van der Waals surface area contributed by atoms with Crippen molar-refractivity contribution in [1.82, 2.24) is 0 Å². The summed E-state index contributed by atoms with van der Waals surface area (Å²) >= 11 is 2.08. The highest BCUT2D eigenvalue weighted by atomic mass is 32.2. The van der Waals surface area contributed by atoms with Crippen LogP contribution in [0.2, 0.25) is 19.5 Å². The number of thioether (sulfide) groups is 1. The van der Waals surface area contributed by atoms with E-state index in [9.17, 15) is 0 Å². The Balaban J connectivity index is 0. The van der Waals surface area contributed by atoms with Crippen LogP contribution in [-0.2, 0) is 0 Å². The fourth-order valence-corrected chi connectivity index (χ4v) is 4.67. The lowest BCUT2D eigenvalue weighted by molar-refractivity contribution is 0.177. The minimum atomic E-state index is 0. The highest BCUT2D eigenvalue weighted by Gasteiger charge is 2.45. The first kappa shape index (κ1) is 22.7. The molecule has 0 N–H and O–H groups in total. The Bertz CT molecular complexity index is 232. The SMILES string of the molecule is C.CB1CC(C)(C)C(C)(C)C1.CC.CC1(C)CCSC1. The standard InChI is InChI=1S/C9H19B.C6H12S.C2H6.CH4/c1-8(2)6-10(5)7-9(8,3)4;1-6(2)3-4-7-5-6;1-2;/h6-7H2,1-5H3;3-5H2,1-2H3;1-2H3;1H4. The molecule has 0 aromatic rings. The topological polar surface area (TPSA) is 0 Å². The first-order valence-electron chi connectivity index (χ1n) is 8.14. The molecule has 0 unspecified atom stereocenters. The third kappa shape index (κ3) is 6.92. The van der Waals surface area contributed by atoms with Gasteiger partial charge in [-0.25, -0.2) is 0 Å². The van der Waals surface area contributed by atoms with Crippen LogP contribution in [0.3, 0.4) is 0 Å². The van der Waals surface area contributed by atoms with E-state index in [-0.39, 0.29) is 7.43 Å². The Morgan fingerprint density at radius 1 is 0.850 bits per heavy atom. The lowest BCUT2D eigenvalue weighted by atomic mass is 9.49. The first-order valence-corrected chi connectivity index (χ1v) is 9.29. The Morgan fingerprint density at radius 3 is 1.35 bits per heavy atom. The van der Waals surface area contributed by atoms with Crippen molar-refractivity contribution in [2.24, 2.45) is 16.2 Å².